The lowest BCUT2D eigenvalue weighted by Gasteiger charge is -2.26. The van der Waals surface area contributed by atoms with E-state index in [4.69, 9.17) is 4.74 Å². The third kappa shape index (κ3) is 4.20. The molecule has 1 aromatic heterocycles. The number of nitriles is 1. The summed E-state index contributed by atoms with van der Waals surface area (Å²) in [7, 11) is 2.23. The van der Waals surface area contributed by atoms with Crippen molar-refractivity contribution in [2.24, 2.45) is 0 Å². The van der Waals surface area contributed by atoms with Crippen molar-refractivity contribution >= 4 is 11.6 Å². The molecule has 4 N–H and O–H groups in total. The number of nitrogens with zero attached hydrogens (tertiary/aromatic N) is 1. The lowest BCUT2D eigenvalue weighted by molar-refractivity contribution is -0.895. The average Bonchev–Trinajstić information content (AvgIpc) is 3.21. The van der Waals surface area contributed by atoms with Gasteiger partial charge in [-0.2, -0.15) is 5.26 Å². The first-order chi connectivity index (χ1) is 13.2. The Morgan fingerprint density at radius 2 is 2.00 bits per heavy atom. The van der Waals surface area contributed by atoms with E-state index in [1.807, 2.05) is 0 Å². The predicted molar refractivity (Wildman–Crippen MR) is 105 cm³/mol. The standard InChI is InChI=1S/C21H31N5O/c1-26-10-9-17-18(12-22)21(24-15-6-3-2-4-7-15)25-20(19(17)14-26)23-13-16-8-5-11-27-16/h15-16H,2-11,13-14H2,1H3,(H2,23,24,25)/p+2/t16-/m1/s1. The molecule has 0 spiro atoms. The number of hydrogen-bond acceptors (Lipinski definition) is 4. The number of rotatable bonds is 5. The molecule has 2 fully saturated rings. The van der Waals surface area contributed by atoms with E-state index in [9.17, 15) is 5.26 Å². The summed E-state index contributed by atoms with van der Waals surface area (Å²) in [5.74, 6) is 1.99. The van der Waals surface area contributed by atoms with E-state index < -0.39 is 0 Å². The molecule has 0 bridgehead atoms. The summed E-state index contributed by atoms with van der Waals surface area (Å²) in [6.07, 6.45) is 9.84. The van der Waals surface area contributed by atoms with Gasteiger partial charge in [0.1, 0.15) is 18.2 Å². The summed E-state index contributed by atoms with van der Waals surface area (Å²) < 4.78 is 5.79. The molecule has 1 aromatic rings. The lowest BCUT2D eigenvalue weighted by atomic mass is 9.93. The highest BCUT2D eigenvalue weighted by molar-refractivity contribution is 5.61. The minimum atomic E-state index is 0.299. The minimum Gasteiger partial charge on any atom is -0.375 e. The molecule has 6 heteroatoms. The van der Waals surface area contributed by atoms with Crippen molar-refractivity contribution in [3.05, 3.63) is 16.7 Å². The molecule has 4 rings (SSSR count). The molecule has 146 valence electrons. The molecule has 1 saturated heterocycles. The molecule has 1 unspecified atom stereocenters. The van der Waals surface area contributed by atoms with Crippen LogP contribution in [-0.2, 0) is 17.7 Å². The summed E-state index contributed by atoms with van der Waals surface area (Å²) in [5.41, 5.74) is 3.34. The Bertz CT molecular complexity index is 702. The molecule has 3 heterocycles. The number of hydrogen-bond donors (Lipinski definition) is 3. The van der Waals surface area contributed by atoms with Gasteiger partial charge in [0.15, 0.2) is 0 Å². The molecule has 0 aromatic carbocycles. The summed E-state index contributed by atoms with van der Waals surface area (Å²) in [6, 6.07) is 2.97. The van der Waals surface area contributed by atoms with Crippen molar-refractivity contribution in [3.8, 4) is 6.07 Å². The fourth-order valence-corrected chi connectivity index (χ4v) is 4.77. The van der Waals surface area contributed by atoms with Crippen LogP contribution in [0.15, 0.2) is 0 Å². The molecule has 27 heavy (non-hydrogen) atoms. The average molecular weight is 372 g/mol. The Kier molecular flexibility index (Phi) is 5.80. The second-order valence-corrected chi connectivity index (χ2v) is 8.45. The van der Waals surface area contributed by atoms with Gasteiger partial charge in [0.05, 0.1) is 37.8 Å². The number of fused-ring (bicyclic) bond motifs is 1. The Hall–Kier alpha value is -1.84. The first-order valence-corrected chi connectivity index (χ1v) is 10.7. The number of likely N-dealkylation sites (N-methyl/N-ethyl adjacent to an activating group) is 1. The van der Waals surface area contributed by atoms with Crippen LogP contribution in [0.2, 0.25) is 0 Å². The maximum absolute atomic E-state index is 9.91. The van der Waals surface area contributed by atoms with Gasteiger partial charge in [0.2, 0.25) is 11.6 Å². The van der Waals surface area contributed by atoms with Crippen LogP contribution in [0.25, 0.3) is 0 Å². The molecule has 1 aliphatic carbocycles. The van der Waals surface area contributed by atoms with Gasteiger partial charge in [-0.3, -0.25) is 0 Å². The van der Waals surface area contributed by atoms with Crippen LogP contribution in [-0.4, -0.2) is 38.9 Å². The summed E-state index contributed by atoms with van der Waals surface area (Å²) in [6.45, 7) is 3.75. The number of ether oxygens (including phenoxy) is 1. The first kappa shape index (κ1) is 18.5. The Morgan fingerprint density at radius 3 is 2.74 bits per heavy atom. The zero-order chi connectivity index (χ0) is 18.6. The second-order valence-electron chi connectivity index (χ2n) is 8.45. The molecule has 2 atom stereocenters. The van der Waals surface area contributed by atoms with Gasteiger partial charge < -0.3 is 20.3 Å². The van der Waals surface area contributed by atoms with Crippen LogP contribution in [0.3, 0.4) is 0 Å². The third-order valence-corrected chi connectivity index (χ3v) is 6.34. The number of quaternary nitrogens is 1. The van der Waals surface area contributed by atoms with Crippen LogP contribution in [0.1, 0.15) is 61.6 Å². The number of aromatic nitrogens is 1. The minimum absolute atomic E-state index is 0.299. The quantitative estimate of drug-likeness (QED) is 0.729. The molecule has 6 nitrogen and oxygen atoms in total. The van der Waals surface area contributed by atoms with Crippen molar-refractivity contribution in [3.63, 3.8) is 0 Å². The zero-order valence-electron chi connectivity index (χ0n) is 16.5. The first-order valence-electron chi connectivity index (χ1n) is 10.7. The smallest absolute Gasteiger partial charge is 0.237 e. The fraction of sp³-hybridized carbons (Fsp3) is 0.714. The Labute approximate surface area is 162 Å². The Morgan fingerprint density at radius 1 is 1.15 bits per heavy atom. The van der Waals surface area contributed by atoms with Gasteiger partial charge >= 0.3 is 0 Å². The molecule has 0 amide bonds. The predicted octanol–water partition coefficient (Wildman–Crippen LogP) is 1.28. The van der Waals surface area contributed by atoms with Crippen molar-refractivity contribution in [1.29, 1.82) is 5.26 Å². The van der Waals surface area contributed by atoms with Gasteiger partial charge in [-0.1, -0.05) is 19.3 Å². The summed E-state index contributed by atoms with van der Waals surface area (Å²) in [4.78, 5) is 5.06. The van der Waals surface area contributed by atoms with Crippen molar-refractivity contribution in [1.82, 2.24) is 0 Å². The van der Waals surface area contributed by atoms with Crippen LogP contribution >= 0.6 is 0 Å². The van der Waals surface area contributed by atoms with E-state index >= 15 is 0 Å². The summed E-state index contributed by atoms with van der Waals surface area (Å²) in [5, 5.41) is 17.2. The zero-order valence-corrected chi connectivity index (χ0v) is 16.5. The lowest BCUT2D eigenvalue weighted by Crippen LogP contribution is -3.08. The van der Waals surface area contributed by atoms with E-state index in [1.54, 1.807) is 0 Å². The largest absolute Gasteiger partial charge is 0.375 e. The maximum atomic E-state index is 9.91. The molecular formula is C21H33N5O+2. The van der Waals surface area contributed by atoms with Gasteiger partial charge in [-0.25, -0.2) is 4.98 Å². The van der Waals surface area contributed by atoms with Crippen LogP contribution in [0.5, 0.6) is 0 Å². The van der Waals surface area contributed by atoms with E-state index in [0.717, 1.165) is 62.7 Å². The van der Waals surface area contributed by atoms with E-state index in [2.05, 4.69) is 28.7 Å². The topological polar surface area (TPSA) is 75.7 Å². The third-order valence-electron chi connectivity index (χ3n) is 6.34. The molecule has 1 saturated carbocycles. The number of aromatic amines is 1. The number of nitrogens with one attached hydrogen (secondary N) is 4. The van der Waals surface area contributed by atoms with Crippen LogP contribution in [0.4, 0.5) is 11.6 Å². The van der Waals surface area contributed by atoms with Gasteiger partial charge in [-0.05, 0) is 31.2 Å². The maximum Gasteiger partial charge on any atom is 0.237 e. The SMILES string of the molecule is C[NH+]1CCc2c(C#N)c(NC3CCCCC3)[nH+]c(NC[C@H]3CCCO3)c2C1. The number of pyridine rings is 1. The monoisotopic (exact) mass is 371 g/mol. The molecule has 2 aliphatic heterocycles. The van der Waals surface area contributed by atoms with Gasteiger partial charge in [-0.15, -0.1) is 0 Å². The van der Waals surface area contributed by atoms with Crippen molar-refractivity contribution < 1.29 is 14.6 Å². The summed E-state index contributed by atoms with van der Waals surface area (Å²) >= 11 is 0. The highest BCUT2D eigenvalue weighted by atomic mass is 16.5. The highest BCUT2D eigenvalue weighted by Gasteiger charge is 2.31. The van der Waals surface area contributed by atoms with Crippen molar-refractivity contribution in [2.45, 2.75) is 70.1 Å². The van der Waals surface area contributed by atoms with E-state index in [0.29, 0.717) is 12.1 Å². The number of H-pyrrole nitrogens is 1. The van der Waals surface area contributed by atoms with Gasteiger partial charge in [0.25, 0.3) is 0 Å². The Balaban J connectivity index is 1.62. The second kappa shape index (κ2) is 8.45. The van der Waals surface area contributed by atoms with Crippen molar-refractivity contribution in [2.75, 3.05) is 37.4 Å². The number of anilines is 2. The molecule has 0 radical (unpaired) electrons. The fourth-order valence-electron chi connectivity index (χ4n) is 4.77. The highest BCUT2D eigenvalue weighted by Crippen LogP contribution is 2.28. The normalized spacial score (nSPS) is 25.6. The van der Waals surface area contributed by atoms with Crippen LogP contribution in [0, 0.1) is 11.3 Å². The molecule has 3 aliphatic rings. The van der Waals surface area contributed by atoms with E-state index in [-0.39, 0.29) is 0 Å². The van der Waals surface area contributed by atoms with Crippen LogP contribution < -0.4 is 20.5 Å². The van der Waals surface area contributed by atoms with E-state index in [1.165, 1.54) is 48.1 Å². The van der Waals surface area contributed by atoms with Gasteiger partial charge in [0, 0.05) is 13.0 Å². The molecular weight excluding hydrogens is 338 g/mol.